The van der Waals surface area contributed by atoms with E-state index >= 15 is 0 Å². The van der Waals surface area contributed by atoms with Crippen LogP contribution in [0.2, 0.25) is 0 Å². The first kappa shape index (κ1) is 11.1. The summed E-state index contributed by atoms with van der Waals surface area (Å²) in [5.41, 5.74) is 2.79. The average molecular weight is 230 g/mol. The van der Waals surface area contributed by atoms with Crippen LogP contribution in [-0.2, 0) is 0 Å². The van der Waals surface area contributed by atoms with Gasteiger partial charge in [-0.3, -0.25) is 0 Å². The lowest BCUT2D eigenvalue weighted by Crippen LogP contribution is -2.59. The molecule has 1 saturated heterocycles. The zero-order valence-electron chi connectivity index (χ0n) is 10.7. The number of benzene rings is 1. The summed E-state index contributed by atoms with van der Waals surface area (Å²) in [6.45, 7) is 4.48. The maximum absolute atomic E-state index is 3.69. The molecule has 0 aromatic heterocycles. The summed E-state index contributed by atoms with van der Waals surface area (Å²) in [6.07, 6.45) is 5.50. The number of hydrogen-bond acceptors (Lipinski definition) is 2. The second-order valence-electron chi connectivity index (χ2n) is 5.44. The first-order valence-electron chi connectivity index (χ1n) is 6.91. The molecule has 1 aromatic carbocycles. The molecule has 3 rings (SSSR count). The van der Waals surface area contributed by atoms with E-state index in [1.165, 1.54) is 36.9 Å². The molecule has 17 heavy (non-hydrogen) atoms. The summed E-state index contributed by atoms with van der Waals surface area (Å²) >= 11 is 0. The SMILES string of the molecule is Cc1cccc(N2CCN[C@H]3CCCC[C@H]32)c1. The summed E-state index contributed by atoms with van der Waals surface area (Å²) in [6, 6.07) is 10.4. The van der Waals surface area contributed by atoms with E-state index < -0.39 is 0 Å². The highest BCUT2D eigenvalue weighted by atomic mass is 15.2. The van der Waals surface area contributed by atoms with Gasteiger partial charge < -0.3 is 10.2 Å². The van der Waals surface area contributed by atoms with Gasteiger partial charge in [-0.15, -0.1) is 0 Å². The van der Waals surface area contributed by atoms with Crippen LogP contribution in [0.3, 0.4) is 0 Å². The van der Waals surface area contributed by atoms with Gasteiger partial charge >= 0.3 is 0 Å². The summed E-state index contributed by atoms with van der Waals surface area (Å²) in [5, 5.41) is 3.69. The zero-order valence-corrected chi connectivity index (χ0v) is 10.7. The Labute approximate surface area is 104 Å². The molecular weight excluding hydrogens is 208 g/mol. The molecule has 2 heteroatoms. The molecule has 0 unspecified atom stereocenters. The van der Waals surface area contributed by atoms with Gasteiger partial charge in [0, 0.05) is 30.9 Å². The van der Waals surface area contributed by atoms with Gasteiger partial charge in [0.2, 0.25) is 0 Å². The van der Waals surface area contributed by atoms with Crippen molar-refractivity contribution >= 4 is 5.69 Å². The third kappa shape index (κ3) is 2.19. The number of anilines is 1. The molecule has 1 aliphatic carbocycles. The second-order valence-corrected chi connectivity index (χ2v) is 5.44. The summed E-state index contributed by atoms with van der Waals surface area (Å²) in [7, 11) is 0. The number of rotatable bonds is 1. The fourth-order valence-corrected chi connectivity index (χ4v) is 3.39. The van der Waals surface area contributed by atoms with E-state index in [1.54, 1.807) is 0 Å². The van der Waals surface area contributed by atoms with Crippen molar-refractivity contribution < 1.29 is 0 Å². The first-order valence-corrected chi connectivity index (χ1v) is 6.91. The van der Waals surface area contributed by atoms with Crippen molar-refractivity contribution in [3.63, 3.8) is 0 Å². The Hall–Kier alpha value is -1.02. The molecule has 2 nitrogen and oxygen atoms in total. The van der Waals surface area contributed by atoms with Crippen LogP contribution in [0, 0.1) is 6.92 Å². The standard InChI is InChI=1S/C15H22N2/c1-12-5-4-6-13(11-12)17-10-9-16-14-7-2-3-8-15(14)17/h4-6,11,14-16H,2-3,7-10H2,1H3/t14-,15+/m0/s1. The van der Waals surface area contributed by atoms with Crippen molar-refractivity contribution in [1.82, 2.24) is 5.32 Å². The van der Waals surface area contributed by atoms with E-state index in [0.717, 1.165) is 25.2 Å². The van der Waals surface area contributed by atoms with Crippen LogP contribution in [-0.4, -0.2) is 25.2 Å². The van der Waals surface area contributed by atoms with Crippen molar-refractivity contribution in [2.24, 2.45) is 0 Å². The predicted molar refractivity (Wildman–Crippen MR) is 72.6 cm³/mol. The van der Waals surface area contributed by atoms with Crippen LogP contribution in [0.15, 0.2) is 24.3 Å². The van der Waals surface area contributed by atoms with E-state index in [2.05, 4.69) is 41.4 Å². The molecule has 1 aromatic rings. The maximum atomic E-state index is 3.69. The Balaban J connectivity index is 1.85. The minimum Gasteiger partial charge on any atom is -0.366 e. The van der Waals surface area contributed by atoms with Crippen molar-refractivity contribution in [2.75, 3.05) is 18.0 Å². The van der Waals surface area contributed by atoms with Gasteiger partial charge in [-0.05, 0) is 37.5 Å². The Morgan fingerprint density at radius 3 is 3.00 bits per heavy atom. The van der Waals surface area contributed by atoms with Crippen LogP contribution in [0.1, 0.15) is 31.2 Å². The summed E-state index contributed by atoms with van der Waals surface area (Å²) < 4.78 is 0. The monoisotopic (exact) mass is 230 g/mol. The van der Waals surface area contributed by atoms with Gasteiger partial charge in [0.25, 0.3) is 0 Å². The Bertz CT molecular complexity index is 386. The van der Waals surface area contributed by atoms with Gasteiger partial charge in [-0.25, -0.2) is 0 Å². The lowest BCUT2D eigenvalue weighted by molar-refractivity contribution is 0.284. The lowest BCUT2D eigenvalue weighted by atomic mass is 9.87. The van der Waals surface area contributed by atoms with Crippen molar-refractivity contribution in [3.05, 3.63) is 29.8 Å². The van der Waals surface area contributed by atoms with Crippen molar-refractivity contribution in [3.8, 4) is 0 Å². The number of nitrogens with zero attached hydrogens (tertiary/aromatic N) is 1. The molecule has 1 saturated carbocycles. The fourth-order valence-electron chi connectivity index (χ4n) is 3.39. The molecule has 0 spiro atoms. The van der Waals surface area contributed by atoms with Crippen molar-refractivity contribution in [1.29, 1.82) is 0 Å². The molecule has 1 aliphatic heterocycles. The van der Waals surface area contributed by atoms with Crippen LogP contribution in [0.5, 0.6) is 0 Å². The zero-order chi connectivity index (χ0) is 11.7. The maximum Gasteiger partial charge on any atom is 0.0443 e. The van der Waals surface area contributed by atoms with Crippen LogP contribution >= 0.6 is 0 Å². The highest BCUT2D eigenvalue weighted by Crippen LogP contribution is 2.29. The number of aryl methyl sites for hydroxylation is 1. The molecule has 0 radical (unpaired) electrons. The van der Waals surface area contributed by atoms with Gasteiger partial charge in [0.1, 0.15) is 0 Å². The summed E-state index contributed by atoms with van der Waals surface area (Å²) in [4.78, 5) is 2.63. The predicted octanol–water partition coefficient (Wildman–Crippen LogP) is 2.72. The van der Waals surface area contributed by atoms with Gasteiger partial charge in [0.15, 0.2) is 0 Å². The van der Waals surface area contributed by atoms with Crippen LogP contribution in [0.25, 0.3) is 0 Å². The van der Waals surface area contributed by atoms with Crippen LogP contribution in [0.4, 0.5) is 5.69 Å². The fraction of sp³-hybridized carbons (Fsp3) is 0.600. The van der Waals surface area contributed by atoms with Gasteiger partial charge in [-0.1, -0.05) is 25.0 Å². The molecule has 92 valence electrons. The number of hydrogen-bond donors (Lipinski definition) is 1. The highest BCUT2D eigenvalue weighted by molar-refractivity contribution is 5.50. The Morgan fingerprint density at radius 1 is 1.24 bits per heavy atom. The third-order valence-electron chi connectivity index (χ3n) is 4.22. The molecule has 2 fully saturated rings. The van der Waals surface area contributed by atoms with E-state index in [4.69, 9.17) is 0 Å². The quantitative estimate of drug-likeness (QED) is 0.798. The van der Waals surface area contributed by atoms with E-state index in [1.807, 2.05) is 0 Å². The molecule has 1 N–H and O–H groups in total. The molecule has 1 heterocycles. The third-order valence-corrected chi connectivity index (χ3v) is 4.22. The Kier molecular flexibility index (Phi) is 3.06. The minimum absolute atomic E-state index is 0.720. The van der Waals surface area contributed by atoms with Gasteiger partial charge in [-0.2, -0.15) is 0 Å². The number of piperazine rings is 1. The lowest BCUT2D eigenvalue weighted by Gasteiger charge is -2.46. The van der Waals surface area contributed by atoms with E-state index in [-0.39, 0.29) is 0 Å². The molecular formula is C15H22N2. The van der Waals surface area contributed by atoms with Crippen LogP contribution < -0.4 is 10.2 Å². The molecule has 2 atom stereocenters. The minimum atomic E-state index is 0.720. The largest absolute Gasteiger partial charge is 0.366 e. The normalized spacial score (nSPS) is 28.9. The average Bonchev–Trinajstić information content (AvgIpc) is 2.38. The first-order chi connectivity index (χ1) is 8.34. The topological polar surface area (TPSA) is 15.3 Å². The Morgan fingerprint density at radius 2 is 2.12 bits per heavy atom. The molecule has 0 amide bonds. The number of fused-ring (bicyclic) bond motifs is 1. The second kappa shape index (κ2) is 4.69. The molecule has 0 bridgehead atoms. The van der Waals surface area contributed by atoms with E-state index in [0.29, 0.717) is 0 Å². The van der Waals surface area contributed by atoms with Gasteiger partial charge in [0.05, 0.1) is 0 Å². The smallest absolute Gasteiger partial charge is 0.0443 e. The molecule has 2 aliphatic rings. The highest BCUT2D eigenvalue weighted by Gasteiger charge is 2.32. The number of nitrogens with one attached hydrogen (secondary N) is 1. The summed E-state index contributed by atoms with van der Waals surface area (Å²) in [5.74, 6) is 0. The van der Waals surface area contributed by atoms with E-state index in [9.17, 15) is 0 Å². The van der Waals surface area contributed by atoms with Crippen molar-refractivity contribution in [2.45, 2.75) is 44.7 Å².